The summed E-state index contributed by atoms with van der Waals surface area (Å²) in [5, 5.41) is 23.7. The average molecular weight is 938 g/mol. The molecule has 66 heavy (non-hydrogen) atoms. The molecule has 2 rings (SSSR count). The lowest BCUT2D eigenvalue weighted by Crippen LogP contribution is -2.49. The molecule has 0 bridgehead atoms. The Hall–Kier alpha value is -2.67. The lowest BCUT2D eigenvalue weighted by Gasteiger charge is -2.39. The summed E-state index contributed by atoms with van der Waals surface area (Å²) in [6.07, 6.45) is 23.5. The highest BCUT2D eigenvalue weighted by atomic mass is 32.1. The molecule has 0 fully saturated rings. The zero-order valence-electron chi connectivity index (χ0n) is 45.0. The fourth-order valence-corrected chi connectivity index (χ4v) is 9.75. The number of thiol groups is 1. The van der Waals surface area contributed by atoms with Crippen molar-refractivity contribution in [3.8, 4) is 11.5 Å². The molecule has 1 unspecified atom stereocenters. The molecule has 0 heterocycles. The molecule has 2 N–H and O–H groups in total. The zero-order valence-corrected chi connectivity index (χ0v) is 45.9. The second-order valence-electron chi connectivity index (χ2n) is 23.9. The number of phenols is 2. The van der Waals surface area contributed by atoms with Crippen LogP contribution in [0.25, 0.3) is 0 Å². The molecular weight excluding hydrogens is 837 g/mol. The second-order valence-corrected chi connectivity index (χ2v) is 24.3. The van der Waals surface area contributed by atoms with Crippen LogP contribution in [0.2, 0.25) is 0 Å². The minimum absolute atomic E-state index is 0.0161. The van der Waals surface area contributed by atoms with Crippen molar-refractivity contribution >= 4 is 24.6 Å². The van der Waals surface area contributed by atoms with E-state index in [9.17, 15) is 10.2 Å². The van der Waals surface area contributed by atoms with Crippen LogP contribution in [0.15, 0.2) is 24.3 Å². The Bertz CT molecular complexity index is 1620. The fourth-order valence-electron chi connectivity index (χ4n) is 9.49. The first-order chi connectivity index (χ1) is 30.9. The molecule has 0 aliphatic heterocycles. The van der Waals surface area contributed by atoms with Crippen LogP contribution in [-0.2, 0) is 47.1 Å². The Morgan fingerprint density at radius 1 is 0.485 bits per heavy atom. The van der Waals surface area contributed by atoms with Gasteiger partial charge in [-0.3, -0.25) is 9.59 Å². The standard InChI is InChI=1S/C59H100O6S/c1-15-17-19-21-23-25-27-29-31-33-36-64-53(62)59(54(63)65-37-34-32-30-28-26-24-22-20-18-16-2,43-44-39-47(55(3,4)5)51(60)48(40-44)56(6,7)8)46(35-38-66)45-41-49(57(9,10)11)52(61)50(42-45)58(12,13)14/h39-42,46,60-61,66H,15-38,43H2,1-14H3. The quantitative estimate of drug-likeness (QED) is 0.0313. The van der Waals surface area contributed by atoms with E-state index in [0.29, 0.717) is 25.0 Å². The second kappa shape index (κ2) is 28.1. The van der Waals surface area contributed by atoms with Crippen molar-refractivity contribution in [2.45, 2.75) is 266 Å². The third-order valence-corrected chi connectivity index (χ3v) is 13.9. The van der Waals surface area contributed by atoms with E-state index in [1.54, 1.807) is 0 Å². The summed E-state index contributed by atoms with van der Waals surface area (Å²) in [7, 11) is 0. The third-order valence-electron chi connectivity index (χ3n) is 13.6. The van der Waals surface area contributed by atoms with Crippen LogP contribution in [0, 0.1) is 5.41 Å². The number of benzene rings is 2. The summed E-state index contributed by atoms with van der Waals surface area (Å²) in [6, 6.07) is 7.99. The normalized spacial score (nSPS) is 13.3. The minimum Gasteiger partial charge on any atom is -0.507 e. The van der Waals surface area contributed by atoms with Gasteiger partial charge in [0.05, 0.1) is 13.2 Å². The molecule has 2 aromatic rings. The van der Waals surface area contributed by atoms with Crippen molar-refractivity contribution in [2.75, 3.05) is 19.0 Å². The molecule has 1 atom stereocenters. The molecule has 6 nitrogen and oxygen atoms in total. The Morgan fingerprint density at radius 3 is 1.06 bits per heavy atom. The average Bonchev–Trinajstić information content (AvgIpc) is 3.22. The van der Waals surface area contributed by atoms with Gasteiger partial charge in [0.2, 0.25) is 0 Å². The first-order valence-electron chi connectivity index (χ1n) is 26.6. The van der Waals surface area contributed by atoms with Crippen molar-refractivity contribution in [3.05, 3.63) is 57.6 Å². The molecular formula is C59H100O6S. The maximum absolute atomic E-state index is 15.6. The number of aromatic hydroxyl groups is 2. The van der Waals surface area contributed by atoms with Crippen LogP contribution in [0.5, 0.6) is 11.5 Å². The number of ether oxygens (including phenoxy) is 2. The van der Waals surface area contributed by atoms with Crippen molar-refractivity contribution in [1.82, 2.24) is 0 Å². The minimum atomic E-state index is -1.80. The van der Waals surface area contributed by atoms with Gasteiger partial charge in [-0.25, -0.2) is 0 Å². The fraction of sp³-hybridized carbons (Fsp3) is 0.763. The number of rotatable bonds is 30. The molecule has 0 aliphatic carbocycles. The van der Waals surface area contributed by atoms with Crippen LogP contribution in [-0.4, -0.2) is 41.1 Å². The van der Waals surface area contributed by atoms with E-state index in [4.69, 9.17) is 22.1 Å². The van der Waals surface area contributed by atoms with Crippen molar-refractivity contribution in [3.63, 3.8) is 0 Å². The van der Waals surface area contributed by atoms with Gasteiger partial charge in [-0.2, -0.15) is 12.6 Å². The summed E-state index contributed by atoms with van der Waals surface area (Å²) >= 11 is 4.83. The summed E-state index contributed by atoms with van der Waals surface area (Å²) in [5.74, 6) is -0.984. The topological polar surface area (TPSA) is 93.1 Å². The summed E-state index contributed by atoms with van der Waals surface area (Å²) < 4.78 is 12.8. The molecule has 0 radical (unpaired) electrons. The number of esters is 2. The van der Waals surface area contributed by atoms with Gasteiger partial charge in [-0.15, -0.1) is 0 Å². The maximum Gasteiger partial charge on any atom is 0.324 e. The van der Waals surface area contributed by atoms with Gasteiger partial charge in [0.1, 0.15) is 11.5 Å². The number of hydrogen-bond donors (Lipinski definition) is 3. The monoisotopic (exact) mass is 937 g/mol. The molecule has 0 aliphatic rings. The van der Waals surface area contributed by atoms with E-state index in [1.807, 2.05) is 24.3 Å². The van der Waals surface area contributed by atoms with Gasteiger partial charge in [0.25, 0.3) is 0 Å². The first kappa shape index (κ1) is 59.5. The van der Waals surface area contributed by atoms with E-state index in [1.165, 1.54) is 89.9 Å². The Balaban J connectivity index is 2.82. The Labute approximate surface area is 411 Å². The molecule has 7 heteroatoms. The van der Waals surface area contributed by atoms with Gasteiger partial charge in [-0.05, 0) is 86.5 Å². The third kappa shape index (κ3) is 18.7. The van der Waals surface area contributed by atoms with Crippen molar-refractivity contribution in [1.29, 1.82) is 0 Å². The Kier molecular flexibility index (Phi) is 25.3. The highest BCUT2D eigenvalue weighted by Crippen LogP contribution is 2.50. The number of hydrogen-bond acceptors (Lipinski definition) is 7. The van der Waals surface area contributed by atoms with Crippen LogP contribution < -0.4 is 0 Å². The van der Waals surface area contributed by atoms with Gasteiger partial charge in [0.15, 0.2) is 5.41 Å². The van der Waals surface area contributed by atoms with E-state index in [2.05, 4.69) is 96.9 Å². The highest BCUT2D eigenvalue weighted by molar-refractivity contribution is 7.80. The predicted molar refractivity (Wildman–Crippen MR) is 284 cm³/mol. The highest BCUT2D eigenvalue weighted by Gasteiger charge is 2.56. The zero-order chi connectivity index (χ0) is 49.8. The van der Waals surface area contributed by atoms with Crippen molar-refractivity contribution < 1.29 is 29.3 Å². The predicted octanol–water partition coefficient (Wildman–Crippen LogP) is 16.8. The smallest absolute Gasteiger partial charge is 0.324 e. The molecule has 0 saturated carbocycles. The van der Waals surface area contributed by atoms with E-state index < -0.39 is 44.9 Å². The van der Waals surface area contributed by atoms with E-state index >= 15 is 9.59 Å². The number of phenolic OH excluding ortho intramolecular Hbond substituents is 2. The van der Waals surface area contributed by atoms with Gasteiger partial charge >= 0.3 is 11.9 Å². The molecule has 2 aromatic carbocycles. The maximum atomic E-state index is 15.6. The van der Waals surface area contributed by atoms with Gasteiger partial charge in [-0.1, -0.05) is 237 Å². The van der Waals surface area contributed by atoms with Crippen LogP contribution in [0.3, 0.4) is 0 Å². The lowest BCUT2D eigenvalue weighted by atomic mass is 9.65. The van der Waals surface area contributed by atoms with Crippen LogP contribution in [0.4, 0.5) is 0 Å². The number of unbranched alkanes of at least 4 members (excludes halogenated alkanes) is 18. The molecule has 0 amide bonds. The number of carbonyl (C=O) groups excluding carboxylic acids is 2. The summed E-state index contributed by atoms with van der Waals surface area (Å²) in [6.45, 7) is 29.9. The molecule has 378 valence electrons. The number of carbonyl (C=O) groups is 2. The molecule has 0 spiro atoms. The molecule has 0 aromatic heterocycles. The largest absolute Gasteiger partial charge is 0.507 e. The SMILES string of the molecule is CCCCCCCCCCCCOC(=O)C(Cc1cc(C(C)(C)C)c(O)c(C(C)(C)C)c1)(C(=O)OCCCCCCCCCCCC)C(CCS)c1cc(C(C)(C)C)c(O)c(C(C)(C)C)c1. The van der Waals surface area contributed by atoms with E-state index in [0.717, 1.165) is 59.1 Å². The van der Waals surface area contributed by atoms with E-state index in [-0.39, 0.29) is 31.1 Å². The van der Waals surface area contributed by atoms with Crippen LogP contribution in [0.1, 0.15) is 271 Å². The Morgan fingerprint density at radius 2 is 0.773 bits per heavy atom. The van der Waals surface area contributed by atoms with Gasteiger partial charge in [0, 0.05) is 5.92 Å². The lowest BCUT2D eigenvalue weighted by molar-refractivity contribution is -0.175. The first-order valence-corrected chi connectivity index (χ1v) is 27.2. The summed E-state index contributed by atoms with van der Waals surface area (Å²) in [4.78, 5) is 31.2. The molecule has 0 saturated heterocycles. The van der Waals surface area contributed by atoms with Crippen molar-refractivity contribution in [2.24, 2.45) is 5.41 Å². The summed E-state index contributed by atoms with van der Waals surface area (Å²) in [5.41, 5.74) is 1.04. The van der Waals surface area contributed by atoms with Gasteiger partial charge < -0.3 is 19.7 Å². The van der Waals surface area contributed by atoms with Crippen LogP contribution >= 0.6 is 12.6 Å².